The second-order valence-corrected chi connectivity index (χ2v) is 12.7. The summed E-state index contributed by atoms with van der Waals surface area (Å²) in [6.07, 6.45) is 4.09. The van der Waals surface area contributed by atoms with Gasteiger partial charge in [0.25, 0.3) is 0 Å². The van der Waals surface area contributed by atoms with Gasteiger partial charge in [-0.1, -0.05) is 37.9 Å². The number of nitrogens with zero attached hydrogens (tertiary/aromatic N) is 2. The zero-order chi connectivity index (χ0) is 31.4. The number of carbonyl (C=O) groups excluding carboxylic acids is 2. The lowest BCUT2D eigenvalue weighted by Crippen LogP contribution is -2.18. The summed E-state index contributed by atoms with van der Waals surface area (Å²) >= 11 is 9.61. The maximum atomic E-state index is 11.4. The van der Waals surface area contributed by atoms with Crippen LogP contribution in [0.4, 0.5) is 5.69 Å². The standard InChI is InChI=1S/C11H9BrO3S.C10H7BrO2S.C4H5N3.C4H9NO/c1-14-8-3-6(12)4-9-7(8)5-10(16-9)11(13)15-2;1-13-10(12)9-4-6-2-3-7(11)5-8(6)14-9;5-4-1-2-6-7-3-4;5-4-1-2-6-3-4/h3-5H,1-2H3;2-5H,1H3;1-3H,(H2,5,6);4H,1-3,5H2. The zero-order valence-electron chi connectivity index (χ0n) is 23.5. The van der Waals surface area contributed by atoms with Crippen LogP contribution in [0.5, 0.6) is 5.75 Å². The number of esters is 2. The number of anilines is 1. The summed E-state index contributed by atoms with van der Waals surface area (Å²) in [5.74, 6) is 0.150. The van der Waals surface area contributed by atoms with Crippen molar-refractivity contribution in [3.8, 4) is 5.75 Å². The van der Waals surface area contributed by atoms with E-state index in [0.29, 0.717) is 21.5 Å². The van der Waals surface area contributed by atoms with E-state index in [1.807, 2.05) is 36.4 Å². The molecule has 228 valence electrons. The van der Waals surface area contributed by atoms with Crippen molar-refractivity contribution in [3.05, 3.63) is 79.6 Å². The Morgan fingerprint density at radius 2 is 1.58 bits per heavy atom. The first-order valence-electron chi connectivity index (χ1n) is 12.6. The van der Waals surface area contributed by atoms with E-state index in [1.165, 1.54) is 43.1 Å². The van der Waals surface area contributed by atoms with Crippen LogP contribution in [-0.4, -0.2) is 62.7 Å². The smallest absolute Gasteiger partial charge is 0.348 e. The summed E-state index contributed by atoms with van der Waals surface area (Å²) < 4.78 is 23.6. The van der Waals surface area contributed by atoms with E-state index >= 15 is 0 Å². The molecule has 4 N–H and O–H groups in total. The number of methoxy groups -OCH3 is 3. The van der Waals surface area contributed by atoms with Crippen molar-refractivity contribution in [2.24, 2.45) is 5.73 Å². The van der Waals surface area contributed by atoms with E-state index in [4.69, 9.17) is 20.9 Å². The van der Waals surface area contributed by atoms with Crippen LogP contribution < -0.4 is 16.2 Å². The number of hydrogen-bond acceptors (Lipinski definition) is 12. The molecule has 0 amide bonds. The maximum absolute atomic E-state index is 11.4. The highest BCUT2D eigenvalue weighted by atomic mass is 79.9. The number of halogens is 2. The number of benzene rings is 2. The van der Waals surface area contributed by atoms with Crippen LogP contribution in [0.25, 0.3) is 20.2 Å². The Morgan fingerprint density at radius 3 is 2.09 bits per heavy atom. The third kappa shape index (κ3) is 10.5. The van der Waals surface area contributed by atoms with E-state index in [2.05, 4.69) is 51.5 Å². The van der Waals surface area contributed by atoms with Crippen molar-refractivity contribution in [2.45, 2.75) is 12.5 Å². The van der Waals surface area contributed by atoms with Crippen molar-refractivity contribution in [2.75, 3.05) is 40.3 Å². The monoisotopic (exact) mass is 752 g/mol. The molecule has 0 aliphatic carbocycles. The lowest BCUT2D eigenvalue weighted by molar-refractivity contribution is 0.0597. The van der Waals surface area contributed by atoms with Gasteiger partial charge < -0.3 is 30.4 Å². The molecule has 1 saturated heterocycles. The highest BCUT2D eigenvalue weighted by molar-refractivity contribution is 9.10. The predicted octanol–water partition coefficient (Wildman–Crippen LogP) is 6.70. The van der Waals surface area contributed by atoms with Crippen LogP contribution in [-0.2, 0) is 14.2 Å². The van der Waals surface area contributed by atoms with Crippen LogP contribution >= 0.6 is 54.5 Å². The molecule has 6 rings (SSSR count). The first-order chi connectivity index (χ1) is 20.6. The number of hydrogen-bond donors (Lipinski definition) is 2. The van der Waals surface area contributed by atoms with Crippen molar-refractivity contribution in [3.63, 3.8) is 0 Å². The van der Waals surface area contributed by atoms with E-state index in [9.17, 15) is 9.59 Å². The molecule has 4 heterocycles. The normalized spacial score (nSPS) is 13.5. The van der Waals surface area contributed by atoms with Gasteiger partial charge in [0.05, 0.1) is 46.0 Å². The zero-order valence-corrected chi connectivity index (χ0v) is 28.3. The molecule has 14 heteroatoms. The SMILES string of the molecule is COC(=O)c1cc2c(OC)cc(Br)cc2s1.COC(=O)c1cc2ccc(Br)cc2s1.NC1CCOC1.Nc1ccnnc1. The number of ether oxygens (including phenoxy) is 4. The Labute approximate surface area is 273 Å². The number of carbonyl (C=O) groups is 2. The van der Waals surface area contributed by atoms with Crippen molar-refractivity contribution < 1.29 is 28.5 Å². The molecule has 0 spiro atoms. The minimum atomic E-state index is -0.320. The molecular weight excluding hydrogens is 724 g/mol. The average molecular weight is 755 g/mol. The van der Waals surface area contributed by atoms with E-state index < -0.39 is 0 Å². The Hall–Kier alpha value is -3.14. The number of nitrogen functional groups attached to an aromatic ring is 1. The Kier molecular flexibility index (Phi) is 13.8. The molecule has 1 aliphatic rings. The van der Waals surface area contributed by atoms with Crippen molar-refractivity contribution in [1.82, 2.24) is 10.2 Å². The Bertz CT molecular complexity index is 1640. The number of rotatable bonds is 3. The summed E-state index contributed by atoms with van der Waals surface area (Å²) in [5, 5.41) is 9.02. The fourth-order valence-corrected chi connectivity index (χ4v) is 6.66. The topological polar surface area (TPSA) is 149 Å². The van der Waals surface area contributed by atoms with E-state index in [-0.39, 0.29) is 11.9 Å². The largest absolute Gasteiger partial charge is 0.496 e. The fourth-order valence-electron chi connectivity index (χ4n) is 3.50. The van der Waals surface area contributed by atoms with Gasteiger partial charge in [0, 0.05) is 36.4 Å². The molecule has 1 unspecified atom stereocenters. The van der Waals surface area contributed by atoms with Gasteiger partial charge in [0.15, 0.2) is 0 Å². The highest BCUT2D eigenvalue weighted by Gasteiger charge is 2.14. The number of fused-ring (bicyclic) bond motifs is 2. The molecule has 3 aromatic heterocycles. The average Bonchev–Trinajstić information content (AvgIpc) is 3.77. The number of thiophene rings is 2. The maximum Gasteiger partial charge on any atom is 0.348 e. The minimum Gasteiger partial charge on any atom is -0.496 e. The van der Waals surface area contributed by atoms with Gasteiger partial charge >= 0.3 is 11.9 Å². The first-order valence-corrected chi connectivity index (χ1v) is 15.8. The van der Waals surface area contributed by atoms with Gasteiger partial charge in [-0.05, 0) is 54.3 Å². The lowest BCUT2D eigenvalue weighted by atomic mass is 10.2. The Balaban J connectivity index is 0.000000169. The molecule has 5 aromatic rings. The van der Waals surface area contributed by atoms with Crippen LogP contribution in [0.15, 0.2) is 69.9 Å². The van der Waals surface area contributed by atoms with Crippen LogP contribution in [0.3, 0.4) is 0 Å². The van der Waals surface area contributed by atoms with Gasteiger partial charge in [-0.3, -0.25) is 0 Å². The first kappa shape index (κ1) is 34.4. The summed E-state index contributed by atoms with van der Waals surface area (Å²) in [6, 6.07) is 15.4. The molecule has 10 nitrogen and oxygen atoms in total. The summed E-state index contributed by atoms with van der Waals surface area (Å²) in [4.78, 5) is 23.9. The molecule has 1 fully saturated rings. The van der Waals surface area contributed by atoms with Crippen LogP contribution in [0.1, 0.15) is 25.8 Å². The third-order valence-electron chi connectivity index (χ3n) is 5.61. The number of nitrogens with two attached hydrogens (primary N) is 2. The fraction of sp³-hybridized carbons (Fsp3) is 0.241. The highest BCUT2D eigenvalue weighted by Crippen LogP contribution is 2.36. The molecule has 0 saturated carbocycles. The van der Waals surface area contributed by atoms with Gasteiger partial charge in [-0.2, -0.15) is 10.2 Å². The van der Waals surface area contributed by atoms with Crippen molar-refractivity contribution >= 4 is 92.3 Å². The second-order valence-electron chi connectivity index (χ2n) is 8.71. The van der Waals surface area contributed by atoms with Crippen LogP contribution in [0.2, 0.25) is 0 Å². The lowest BCUT2D eigenvalue weighted by Gasteiger charge is -2.01. The van der Waals surface area contributed by atoms with Crippen molar-refractivity contribution in [1.29, 1.82) is 0 Å². The molecular formula is C29H30Br2N4O6S2. The molecule has 43 heavy (non-hydrogen) atoms. The summed E-state index contributed by atoms with van der Waals surface area (Å²) in [5.41, 5.74) is 11.3. The minimum absolute atomic E-state index is 0.276. The van der Waals surface area contributed by atoms with E-state index in [1.54, 1.807) is 25.4 Å². The Morgan fingerprint density at radius 1 is 0.907 bits per heavy atom. The molecule has 2 aromatic carbocycles. The van der Waals surface area contributed by atoms with Crippen LogP contribution in [0, 0.1) is 0 Å². The van der Waals surface area contributed by atoms with Gasteiger partial charge in [-0.15, -0.1) is 22.7 Å². The quantitative estimate of drug-likeness (QED) is 0.191. The predicted molar refractivity (Wildman–Crippen MR) is 178 cm³/mol. The molecule has 1 atom stereocenters. The van der Waals surface area contributed by atoms with E-state index in [0.717, 1.165) is 54.5 Å². The van der Waals surface area contributed by atoms with Gasteiger partial charge in [0.1, 0.15) is 15.5 Å². The molecule has 0 bridgehead atoms. The molecule has 1 aliphatic heterocycles. The van der Waals surface area contributed by atoms with Gasteiger partial charge in [-0.25, -0.2) is 9.59 Å². The third-order valence-corrected chi connectivity index (χ3v) is 8.70. The number of aromatic nitrogens is 2. The summed E-state index contributed by atoms with van der Waals surface area (Å²) in [6.45, 7) is 1.63. The second kappa shape index (κ2) is 17.2. The van der Waals surface area contributed by atoms with Gasteiger partial charge in [0.2, 0.25) is 0 Å². The summed E-state index contributed by atoms with van der Waals surface area (Å²) in [7, 11) is 4.37. The molecule has 0 radical (unpaired) electrons.